The van der Waals surface area contributed by atoms with Gasteiger partial charge in [-0.05, 0) is 19.1 Å². The van der Waals surface area contributed by atoms with E-state index in [2.05, 4.69) is 15.2 Å². The van der Waals surface area contributed by atoms with Gasteiger partial charge in [0.2, 0.25) is 5.91 Å². The SMILES string of the molecule is Cc1nc(COc2ccccc2)sc1CC(=O)NCCN1CCOCC1. The van der Waals surface area contributed by atoms with Gasteiger partial charge >= 0.3 is 0 Å². The normalized spacial score (nSPS) is 15.0. The van der Waals surface area contributed by atoms with Gasteiger partial charge in [-0.1, -0.05) is 18.2 Å². The largest absolute Gasteiger partial charge is 0.486 e. The van der Waals surface area contributed by atoms with Crippen molar-refractivity contribution in [3.05, 3.63) is 45.9 Å². The molecule has 1 aromatic heterocycles. The number of benzene rings is 1. The van der Waals surface area contributed by atoms with Gasteiger partial charge in [0.15, 0.2) is 0 Å². The van der Waals surface area contributed by atoms with Crippen molar-refractivity contribution in [3.63, 3.8) is 0 Å². The number of morpholine rings is 1. The van der Waals surface area contributed by atoms with E-state index >= 15 is 0 Å². The fourth-order valence-corrected chi connectivity index (χ4v) is 3.74. The van der Waals surface area contributed by atoms with Gasteiger partial charge in [-0.25, -0.2) is 4.98 Å². The summed E-state index contributed by atoms with van der Waals surface area (Å²) in [4.78, 5) is 20.0. The van der Waals surface area contributed by atoms with Crippen LogP contribution in [0.4, 0.5) is 0 Å². The van der Waals surface area contributed by atoms with Gasteiger partial charge in [0, 0.05) is 31.1 Å². The van der Waals surface area contributed by atoms with Crippen molar-refractivity contribution in [1.82, 2.24) is 15.2 Å². The van der Waals surface area contributed by atoms with E-state index in [0.717, 1.165) is 54.2 Å². The average Bonchev–Trinajstić information content (AvgIpc) is 3.01. The molecule has 1 fully saturated rings. The Hall–Kier alpha value is -1.96. The van der Waals surface area contributed by atoms with Gasteiger partial charge in [0.25, 0.3) is 0 Å². The fourth-order valence-electron chi connectivity index (χ4n) is 2.76. The second-order valence-electron chi connectivity index (χ2n) is 6.20. The van der Waals surface area contributed by atoms with Crippen molar-refractivity contribution < 1.29 is 14.3 Å². The minimum Gasteiger partial charge on any atom is -0.486 e. The predicted molar refractivity (Wildman–Crippen MR) is 102 cm³/mol. The van der Waals surface area contributed by atoms with Gasteiger partial charge in [-0.3, -0.25) is 9.69 Å². The molecule has 0 bridgehead atoms. The van der Waals surface area contributed by atoms with Crippen molar-refractivity contribution in [2.24, 2.45) is 0 Å². The van der Waals surface area contributed by atoms with Crippen LogP contribution in [0.2, 0.25) is 0 Å². The molecule has 1 aliphatic rings. The summed E-state index contributed by atoms with van der Waals surface area (Å²) in [7, 11) is 0. The Morgan fingerprint density at radius 2 is 2.08 bits per heavy atom. The van der Waals surface area contributed by atoms with Crippen molar-refractivity contribution >= 4 is 17.2 Å². The van der Waals surface area contributed by atoms with Gasteiger partial charge in [0.05, 0.1) is 25.3 Å². The summed E-state index contributed by atoms with van der Waals surface area (Å²) in [5.74, 6) is 0.864. The summed E-state index contributed by atoms with van der Waals surface area (Å²) >= 11 is 1.54. The molecule has 0 aliphatic carbocycles. The summed E-state index contributed by atoms with van der Waals surface area (Å²) in [6, 6.07) is 9.67. The highest BCUT2D eigenvalue weighted by molar-refractivity contribution is 7.11. The second kappa shape index (κ2) is 9.66. The zero-order valence-corrected chi connectivity index (χ0v) is 15.9. The highest BCUT2D eigenvalue weighted by Crippen LogP contribution is 2.20. The number of thiazole rings is 1. The number of hydrogen-bond acceptors (Lipinski definition) is 6. The highest BCUT2D eigenvalue weighted by atomic mass is 32.1. The molecule has 1 aliphatic heterocycles. The molecule has 0 radical (unpaired) electrons. The maximum absolute atomic E-state index is 12.2. The summed E-state index contributed by atoms with van der Waals surface area (Å²) in [5.41, 5.74) is 0.907. The molecule has 2 heterocycles. The number of rotatable bonds is 8. The molecule has 6 nitrogen and oxygen atoms in total. The Morgan fingerprint density at radius 1 is 1.31 bits per heavy atom. The molecule has 26 heavy (non-hydrogen) atoms. The lowest BCUT2D eigenvalue weighted by molar-refractivity contribution is -0.120. The van der Waals surface area contributed by atoms with E-state index in [-0.39, 0.29) is 5.91 Å². The maximum atomic E-state index is 12.2. The maximum Gasteiger partial charge on any atom is 0.225 e. The van der Waals surface area contributed by atoms with Crippen LogP contribution in [-0.2, 0) is 22.6 Å². The zero-order chi connectivity index (χ0) is 18.2. The lowest BCUT2D eigenvalue weighted by atomic mass is 10.3. The molecule has 0 unspecified atom stereocenters. The standard InChI is InChI=1S/C19H25N3O3S/c1-15-17(13-18(23)20-7-8-22-9-11-24-12-10-22)26-19(21-15)14-25-16-5-3-2-4-6-16/h2-6H,7-14H2,1H3,(H,20,23). The second-order valence-corrected chi connectivity index (χ2v) is 7.37. The molecular formula is C19H25N3O3S. The summed E-state index contributed by atoms with van der Waals surface area (Å²) < 4.78 is 11.1. The van der Waals surface area contributed by atoms with Gasteiger partial charge in [-0.2, -0.15) is 0 Å². The van der Waals surface area contributed by atoms with E-state index in [0.29, 0.717) is 19.6 Å². The van der Waals surface area contributed by atoms with Crippen LogP contribution in [0.1, 0.15) is 15.6 Å². The van der Waals surface area contributed by atoms with E-state index in [9.17, 15) is 4.79 Å². The van der Waals surface area contributed by atoms with Gasteiger partial charge < -0.3 is 14.8 Å². The first-order valence-corrected chi connectivity index (χ1v) is 9.72. The number of carbonyl (C=O) groups is 1. The first-order valence-electron chi connectivity index (χ1n) is 8.90. The summed E-state index contributed by atoms with van der Waals surface area (Å²) in [6.07, 6.45) is 0.373. The number of nitrogens with one attached hydrogen (secondary N) is 1. The van der Waals surface area contributed by atoms with Gasteiger partial charge in [-0.15, -0.1) is 11.3 Å². The quantitative estimate of drug-likeness (QED) is 0.765. The van der Waals surface area contributed by atoms with Crippen LogP contribution in [0.25, 0.3) is 0 Å². The van der Waals surface area contributed by atoms with Crippen LogP contribution in [0.5, 0.6) is 5.75 Å². The van der Waals surface area contributed by atoms with E-state index in [4.69, 9.17) is 9.47 Å². The minimum absolute atomic E-state index is 0.0422. The number of aryl methyl sites for hydroxylation is 1. The lowest BCUT2D eigenvalue weighted by Crippen LogP contribution is -2.41. The monoisotopic (exact) mass is 375 g/mol. The Kier molecular flexibility index (Phi) is 6.99. The molecule has 1 amide bonds. The average molecular weight is 375 g/mol. The van der Waals surface area contributed by atoms with Crippen LogP contribution in [-0.4, -0.2) is 55.2 Å². The topological polar surface area (TPSA) is 63.7 Å². The Balaban J connectivity index is 1.42. The molecule has 7 heteroatoms. The Labute approximate surface area is 158 Å². The zero-order valence-electron chi connectivity index (χ0n) is 15.1. The molecule has 0 spiro atoms. The third-order valence-corrected chi connectivity index (χ3v) is 5.35. The number of para-hydroxylation sites is 1. The number of carbonyl (C=O) groups excluding carboxylic acids is 1. The first kappa shape index (κ1) is 18.8. The van der Waals surface area contributed by atoms with Crippen LogP contribution >= 0.6 is 11.3 Å². The molecule has 2 aromatic rings. The molecule has 1 aromatic carbocycles. The number of hydrogen-bond donors (Lipinski definition) is 1. The van der Waals surface area contributed by atoms with Crippen LogP contribution in [0.15, 0.2) is 30.3 Å². The van der Waals surface area contributed by atoms with Crippen molar-refractivity contribution in [2.75, 3.05) is 39.4 Å². The Morgan fingerprint density at radius 3 is 2.85 bits per heavy atom. The first-order chi connectivity index (χ1) is 12.7. The predicted octanol–water partition coefficient (Wildman–Crippen LogP) is 2.02. The molecule has 3 rings (SSSR count). The highest BCUT2D eigenvalue weighted by Gasteiger charge is 2.13. The number of ether oxygens (including phenoxy) is 2. The molecule has 1 saturated heterocycles. The third kappa shape index (κ3) is 5.79. The Bertz CT molecular complexity index is 699. The number of amides is 1. The molecular weight excluding hydrogens is 350 g/mol. The van der Waals surface area contributed by atoms with E-state index in [1.807, 2.05) is 37.3 Å². The summed E-state index contributed by atoms with van der Waals surface area (Å²) in [6.45, 7) is 7.34. The fraction of sp³-hybridized carbons (Fsp3) is 0.474. The minimum atomic E-state index is 0.0422. The molecule has 1 N–H and O–H groups in total. The van der Waals surface area contributed by atoms with Gasteiger partial charge in [0.1, 0.15) is 17.4 Å². The van der Waals surface area contributed by atoms with Crippen molar-refractivity contribution in [2.45, 2.75) is 20.0 Å². The lowest BCUT2D eigenvalue weighted by Gasteiger charge is -2.26. The number of nitrogens with zero attached hydrogens (tertiary/aromatic N) is 2. The van der Waals surface area contributed by atoms with Crippen molar-refractivity contribution in [3.8, 4) is 5.75 Å². The molecule has 0 saturated carbocycles. The smallest absolute Gasteiger partial charge is 0.225 e. The third-order valence-electron chi connectivity index (χ3n) is 4.22. The van der Waals surface area contributed by atoms with Crippen LogP contribution in [0, 0.1) is 6.92 Å². The van der Waals surface area contributed by atoms with E-state index in [1.54, 1.807) is 11.3 Å². The summed E-state index contributed by atoms with van der Waals surface area (Å²) in [5, 5.41) is 3.89. The number of aromatic nitrogens is 1. The molecule has 140 valence electrons. The molecule has 0 atom stereocenters. The van der Waals surface area contributed by atoms with Crippen LogP contribution in [0.3, 0.4) is 0 Å². The van der Waals surface area contributed by atoms with Crippen molar-refractivity contribution in [1.29, 1.82) is 0 Å². The van der Waals surface area contributed by atoms with Crippen LogP contribution < -0.4 is 10.1 Å². The van der Waals surface area contributed by atoms with E-state index in [1.165, 1.54) is 0 Å². The van der Waals surface area contributed by atoms with E-state index < -0.39 is 0 Å².